The molecule has 1 aliphatic carbocycles. The van der Waals surface area contributed by atoms with Gasteiger partial charge >= 0.3 is 5.97 Å². The smallest absolute Gasteiger partial charge is 0.320 e. The molecule has 0 amide bonds. The van der Waals surface area contributed by atoms with Gasteiger partial charge < -0.3 is 10.4 Å². The Morgan fingerprint density at radius 3 is 2.55 bits per heavy atom. The molecule has 1 saturated carbocycles. The third-order valence-electron chi connectivity index (χ3n) is 7.34. The van der Waals surface area contributed by atoms with Gasteiger partial charge in [-0.15, -0.1) is 5.10 Å². The highest BCUT2D eigenvalue weighted by Gasteiger charge is 2.40. The number of hydrogen-bond acceptors (Lipinski definition) is 5. The van der Waals surface area contributed by atoms with E-state index in [4.69, 9.17) is 0 Å². The van der Waals surface area contributed by atoms with Gasteiger partial charge in [0.25, 0.3) is 0 Å². The molecular formula is C22H36N4O3. The molecule has 8 atom stereocenters. The second-order valence-corrected chi connectivity index (χ2v) is 9.62. The van der Waals surface area contributed by atoms with Crippen LogP contribution < -0.4 is 5.32 Å². The Kier molecular flexibility index (Phi) is 6.76. The molecule has 2 N–H and O–H groups in total. The van der Waals surface area contributed by atoms with Gasteiger partial charge in [0.1, 0.15) is 11.8 Å². The van der Waals surface area contributed by atoms with Crippen molar-refractivity contribution in [2.45, 2.75) is 90.8 Å². The summed E-state index contributed by atoms with van der Waals surface area (Å²) in [6.45, 7) is 10.3. The maximum atomic E-state index is 13.3. The predicted molar refractivity (Wildman–Crippen MR) is 111 cm³/mol. The number of nitrogens with zero attached hydrogens (tertiary/aromatic N) is 3. The van der Waals surface area contributed by atoms with Crippen LogP contribution in [0.4, 0.5) is 0 Å². The molecule has 2 heterocycles. The van der Waals surface area contributed by atoms with Crippen molar-refractivity contribution in [3.63, 3.8) is 0 Å². The first-order valence-corrected chi connectivity index (χ1v) is 11.1. The molecule has 0 saturated heterocycles. The van der Waals surface area contributed by atoms with E-state index in [1.54, 1.807) is 0 Å². The van der Waals surface area contributed by atoms with Crippen molar-refractivity contribution < 1.29 is 14.7 Å². The van der Waals surface area contributed by atoms with E-state index in [2.05, 4.69) is 36.4 Å². The Morgan fingerprint density at radius 2 is 1.86 bits per heavy atom. The number of aliphatic carboxylic acids is 1. The monoisotopic (exact) mass is 404 g/mol. The lowest BCUT2D eigenvalue weighted by Crippen LogP contribution is -2.50. The van der Waals surface area contributed by atoms with Gasteiger partial charge in [0, 0.05) is 30.0 Å². The zero-order chi connectivity index (χ0) is 21.3. The fraction of sp³-hybridized carbons (Fsp3) is 0.818. The minimum Gasteiger partial charge on any atom is -0.480 e. The number of carboxylic acids is 1. The van der Waals surface area contributed by atoms with Crippen LogP contribution in [0.2, 0.25) is 0 Å². The summed E-state index contributed by atoms with van der Waals surface area (Å²) in [6, 6.07) is -0.541. The van der Waals surface area contributed by atoms with Gasteiger partial charge in [0.2, 0.25) is 0 Å². The molecule has 1 aromatic heterocycles. The SMILES string of the molecule is CC1CC(C)C(C(=O)O)NC2CCCC2C(=O)C(C)C(C)CC(C)n2cc1nn2. The predicted octanol–water partition coefficient (Wildman–Crippen LogP) is 3.43. The van der Waals surface area contributed by atoms with Crippen LogP contribution in [0.1, 0.15) is 84.4 Å². The number of aromatic nitrogens is 3. The van der Waals surface area contributed by atoms with Gasteiger partial charge in [-0.1, -0.05) is 39.3 Å². The van der Waals surface area contributed by atoms with E-state index < -0.39 is 12.0 Å². The van der Waals surface area contributed by atoms with Crippen molar-refractivity contribution in [3.8, 4) is 0 Å². The first-order valence-electron chi connectivity index (χ1n) is 11.1. The molecule has 7 nitrogen and oxygen atoms in total. The molecule has 2 bridgehead atoms. The lowest BCUT2D eigenvalue weighted by atomic mass is 9.80. The maximum absolute atomic E-state index is 13.3. The molecule has 162 valence electrons. The van der Waals surface area contributed by atoms with Gasteiger partial charge in [-0.2, -0.15) is 0 Å². The molecule has 1 aromatic rings. The van der Waals surface area contributed by atoms with Crippen LogP contribution in [0.15, 0.2) is 6.20 Å². The van der Waals surface area contributed by atoms with Crippen LogP contribution in [-0.4, -0.2) is 43.9 Å². The summed E-state index contributed by atoms with van der Waals surface area (Å²) >= 11 is 0. The summed E-state index contributed by atoms with van der Waals surface area (Å²) in [5, 5.41) is 21.9. The molecule has 8 unspecified atom stereocenters. The Morgan fingerprint density at radius 1 is 1.14 bits per heavy atom. The molecular weight excluding hydrogens is 368 g/mol. The number of carbonyl (C=O) groups excluding carboxylic acids is 1. The molecule has 1 fully saturated rings. The zero-order valence-electron chi connectivity index (χ0n) is 18.3. The molecule has 0 radical (unpaired) electrons. The highest BCUT2D eigenvalue weighted by Crippen LogP contribution is 2.34. The van der Waals surface area contributed by atoms with Crippen molar-refractivity contribution in [3.05, 3.63) is 11.9 Å². The molecule has 7 heteroatoms. The van der Waals surface area contributed by atoms with Crippen molar-refractivity contribution in [2.75, 3.05) is 0 Å². The van der Waals surface area contributed by atoms with E-state index >= 15 is 0 Å². The fourth-order valence-corrected chi connectivity index (χ4v) is 5.22. The Hall–Kier alpha value is -1.76. The Balaban J connectivity index is 1.93. The molecule has 2 aliphatic rings. The molecule has 29 heavy (non-hydrogen) atoms. The summed E-state index contributed by atoms with van der Waals surface area (Å²) in [5.74, 6) is -0.442. The number of fused-ring (bicyclic) bond motifs is 3. The third kappa shape index (κ3) is 4.71. The Labute approximate surface area is 173 Å². The number of hydrogen-bond donors (Lipinski definition) is 2. The van der Waals surface area contributed by atoms with Crippen molar-refractivity contribution in [1.82, 2.24) is 20.3 Å². The van der Waals surface area contributed by atoms with E-state index in [0.29, 0.717) is 6.42 Å². The van der Waals surface area contributed by atoms with Crippen LogP contribution in [-0.2, 0) is 9.59 Å². The van der Waals surface area contributed by atoms with E-state index in [1.165, 1.54) is 0 Å². The van der Waals surface area contributed by atoms with Crippen LogP contribution >= 0.6 is 0 Å². The summed E-state index contributed by atoms with van der Waals surface area (Å²) < 4.78 is 1.90. The summed E-state index contributed by atoms with van der Waals surface area (Å²) in [4.78, 5) is 25.3. The number of Topliss-reactive ketones (excluding diaryl/α,β-unsaturated/α-hetero) is 1. The largest absolute Gasteiger partial charge is 0.480 e. The van der Waals surface area contributed by atoms with Crippen LogP contribution in [0.5, 0.6) is 0 Å². The number of carboxylic acid groups (broad SMARTS) is 1. The quantitative estimate of drug-likeness (QED) is 0.744. The Bertz CT molecular complexity index is 733. The molecule has 1 aliphatic heterocycles. The van der Waals surface area contributed by atoms with Crippen molar-refractivity contribution >= 4 is 11.8 Å². The second kappa shape index (κ2) is 8.94. The van der Waals surface area contributed by atoms with E-state index in [-0.39, 0.29) is 47.5 Å². The summed E-state index contributed by atoms with van der Waals surface area (Å²) in [6.07, 6.45) is 6.25. The summed E-state index contributed by atoms with van der Waals surface area (Å²) in [7, 11) is 0. The van der Waals surface area contributed by atoms with Crippen molar-refractivity contribution in [2.24, 2.45) is 23.7 Å². The van der Waals surface area contributed by atoms with Gasteiger partial charge in [-0.05, 0) is 44.4 Å². The first kappa shape index (κ1) is 21.9. The lowest BCUT2D eigenvalue weighted by Gasteiger charge is -2.31. The molecule has 0 aromatic carbocycles. The zero-order valence-corrected chi connectivity index (χ0v) is 18.3. The second-order valence-electron chi connectivity index (χ2n) is 9.62. The lowest BCUT2D eigenvalue weighted by molar-refractivity contribution is -0.142. The van der Waals surface area contributed by atoms with Gasteiger partial charge in [0.15, 0.2) is 0 Å². The average Bonchev–Trinajstić information content (AvgIpc) is 3.33. The first-order chi connectivity index (χ1) is 13.7. The highest BCUT2D eigenvalue weighted by atomic mass is 16.4. The number of rotatable bonds is 1. The number of nitrogens with one attached hydrogen (secondary N) is 1. The van der Waals surface area contributed by atoms with Gasteiger partial charge in [-0.3, -0.25) is 9.59 Å². The topological polar surface area (TPSA) is 97.1 Å². The van der Waals surface area contributed by atoms with Crippen LogP contribution in [0.25, 0.3) is 0 Å². The van der Waals surface area contributed by atoms with E-state index in [0.717, 1.165) is 31.4 Å². The molecule has 3 rings (SSSR count). The summed E-state index contributed by atoms with van der Waals surface area (Å²) in [5.41, 5.74) is 0.901. The van der Waals surface area contributed by atoms with Crippen molar-refractivity contribution in [1.29, 1.82) is 0 Å². The van der Waals surface area contributed by atoms with Gasteiger partial charge in [-0.25, -0.2) is 4.68 Å². The van der Waals surface area contributed by atoms with Gasteiger partial charge in [0.05, 0.1) is 11.7 Å². The molecule has 0 spiro atoms. The maximum Gasteiger partial charge on any atom is 0.320 e. The normalized spacial score (nSPS) is 39.4. The van der Waals surface area contributed by atoms with E-state index in [1.807, 2.05) is 24.7 Å². The standard InChI is InChI=1S/C22H36N4O3/c1-12-10-15(4)26-11-19(24-25-26)13(2)9-14(3)20(22(28)29)23-18-8-6-7-17(18)21(27)16(12)5/h11-18,20,23H,6-10H2,1-5H3,(H,28,29). The van der Waals surface area contributed by atoms with Crippen LogP contribution in [0, 0.1) is 23.7 Å². The number of carbonyl (C=O) groups is 2. The third-order valence-corrected chi connectivity index (χ3v) is 7.34. The number of ketones is 1. The average molecular weight is 405 g/mol. The van der Waals surface area contributed by atoms with E-state index in [9.17, 15) is 14.7 Å². The highest BCUT2D eigenvalue weighted by molar-refractivity contribution is 5.84. The fourth-order valence-electron chi connectivity index (χ4n) is 5.22. The minimum atomic E-state index is -0.842. The minimum absolute atomic E-state index is 0.0438. The van der Waals surface area contributed by atoms with Crippen LogP contribution in [0.3, 0.4) is 0 Å².